The molecule has 2 amide bonds. The van der Waals surface area contributed by atoms with Crippen LogP contribution < -0.4 is 5.32 Å². The molecule has 1 fully saturated rings. The van der Waals surface area contributed by atoms with Crippen LogP contribution in [0.4, 0.5) is 17.1 Å². The van der Waals surface area contributed by atoms with Crippen molar-refractivity contribution in [2.24, 2.45) is 4.99 Å². The Labute approximate surface area is 188 Å². The minimum atomic E-state index is -0.670. The number of carbonyl (C=O) groups excluding carboxylic acids is 2. The third kappa shape index (κ3) is 5.31. The van der Waals surface area contributed by atoms with Gasteiger partial charge in [-0.2, -0.15) is 0 Å². The number of rotatable bonds is 7. The van der Waals surface area contributed by atoms with Crippen molar-refractivity contribution in [2.75, 3.05) is 11.9 Å². The van der Waals surface area contributed by atoms with E-state index < -0.39 is 16.1 Å². The molecule has 0 bridgehead atoms. The van der Waals surface area contributed by atoms with E-state index in [1.807, 2.05) is 6.92 Å². The summed E-state index contributed by atoms with van der Waals surface area (Å²) in [6, 6.07) is 11.0. The fourth-order valence-corrected chi connectivity index (χ4v) is 4.25. The first-order valence-corrected chi connectivity index (χ1v) is 10.5. The number of nitrogens with one attached hydrogen (secondary N) is 1. The molecule has 3 rings (SSSR count). The van der Waals surface area contributed by atoms with Crippen LogP contribution in [0.1, 0.15) is 12.0 Å². The Hall–Kier alpha value is -3.17. The number of non-ortho nitro benzene ring substituents is 1. The van der Waals surface area contributed by atoms with Gasteiger partial charge in [0.1, 0.15) is 5.25 Å². The van der Waals surface area contributed by atoms with Crippen LogP contribution in [0.2, 0.25) is 5.02 Å². The molecule has 1 N–H and O–H groups in total. The average Bonchev–Trinajstić information content (AvgIpc) is 3.00. The first kappa shape index (κ1) is 22.5. The number of hydrogen-bond acceptors (Lipinski definition) is 6. The molecule has 0 unspecified atom stereocenters. The number of nitrogens with zero attached hydrogens (tertiary/aromatic N) is 3. The SMILES string of the molecule is C=CCN1C(=O)[C@@H](CC(=O)Nc2cccc([N+](=O)[O-])c2)SC1=Nc1cccc(Cl)c1C. The van der Waals surface area contributed by atoms with Gasteiger partial charge in [0.2, 0.25) is 11.8 Å². The zero-order chi connectivity index (χ0) is 22.5. The molecule has 1 atom stereocenters. The van der Waals surface area contributed by atoms with E-state index >= 15 is 0 Å². The number of amides is 2. The third-order valence-electron chi connectivity index (χ3n) is 4.50. The maximum atomic E-state index is 12.9. The van der Waals surface area contributed by atoms with E-state index in [9.17, 15) is 19.7 Å². The van der Waals surface area contributed by atoms with Gasteiger partial charge in [-0.05, 0) is 30.7 Å². The molecule has 0 radical (unpaired) electrons. The molecule has 2 aromatic carbocycles. The summed E-state index contributed by atoms with van der Waals surface area (Å²) >= 11 is 7.35. The van der Waals surface area contributed by atoms with Gasteiger partial charge in [-0.25, -0.2) is 4.99 Å². The van der Waals surface area contributed by atoms with E-state index in [2.05, 4.69) is 16.9 Å². The van der Waals surface area contributed by atoms with Crippen LogP contribution in [0, 0.1) is 17.0 Å². The number of halogens is 1. The lowest BCUT2D eigenvalue weighted by atomic mass is 10.2. The fraction of sp³-hybridized carbons (Fsp3) is 0.190. The molecule has 31 heavy (non-hydrogen) atoms. The maximum absolute atomic E-state index is 12.9. The smallest absolute Gasteiger partial charge is 0.271 e. The van der Waals surface area contributed by atoms with Crippen molar-refractivity contribution in [1.29, 1.82) is 0 Å². The first-order valence-electron chi connectivity index (χ1n) is 9.27. The number of nitro groups is 1. The van der Waals surface area contributed by atoms with Crippen molar-refractivity contribution in [3.63, 3.8) is 0 Å². The molecule has 0 aromatic heterocycles. The normalized spacial score (nSPS) is 17.1. The summed E-state index contributed by atoms with van der Waals surface area (Å²) in [6.07, 6.45) is 1.48. The quantitative estimate of drug-likeness (QED) is 0.367. The first-order chi connectivity index (χ1) is 14.8. The predicted molar refractivity (Wildman–Crippen MR) is 123 cm³/mol. The van der Waals surface area contributed by atoms with Gasteiger partial charge >= 0.3 is 0 Å². The largest absolute Gasteiger partial charge is 0.326 e. The van der Waals surface area contributed by atoms with Crippen LogP contribution in [-0.4, -0.2) is 38.6 Å². The Balaban J connectivity index is 1.77. The van der Waals surface area contributed by atoms with Crippen molar-refractivity contribution in [2.45, 2.75) is 18.6 Å². The Bertz CT molecular complexity index is 1090. The number of thioether (sulfide) groups is 1. The second-order valence-corrected chi connectivity index (χ2v) is 8.26. The molecule has 1 heterocycles. The summed E-state index contributed by atoms with van der Waals surface area (Å²) in [7, 11) is 0. The molecule has 1 aliphatic rings. The van der Waals surface area contributed by atoms with E-state index in [0.717, 1.165) is 5.56 Å². The van der Waals surface area contributed by atoms with Gasteiger partial charge < -0.3 is 5.32 Å². The van der Waals surface area contributed by atoms with E-state index in [0.29, 0.717) is 21.6 Å². The van der Waals surface area contributed by atoms with Crippen LogP contribution in [0.5, 0.6) is 0 Å². The Morgan fingerprint density at radius 3 is 2.84 bits per heavy atom. The molecule has 0 spiro atoms. The van der Waals surface area contributed by atoms with Crippen molar-refractivity contribution >= 4 is 57.4 Å². The zero-order valence-corrected chi connectivity index (χ0v) is 18.2. The molecular formula is C21H19ClN4O4S. The zero-order valence-electron chi connectivity index (χ0n) is 16.6. The number of aliphatic imine (C=N–C) groups is 1. The third-order valence-corrected chi connectivity index (χ3v) is 6.08. The fourth-order valence-electron chi connectivity index (χ4n) is 2.92. The van der Waals surface area contributed by atoms with Crippen LogP contribution in [-0.2, 0) is 9.59 Å². The Morgan fingerprint density at radius 2 is 2.13 bits per heavy atom. The highest BCUT2D eigenvalue weighted by atomic mass is 35.5. The summed E-state index contributed by atoms with van der Waals surface area (Å²) in [5.41, 5.74) is 1.59. The van der Waals surface area contributed by atoms with Crippen LogP contribution in [0.3, 0.4) is 0 Å². The summed E-state index contributed by atoms with van der Waals surface area (Å²) in [5, 5.41) is 13.9. The monoisotopic (exact) mass is 458 g/mol. The van der Waals surface area contributed by atoms with Gasteiger partial charge in [-0.15, -0.1) is 6.58 Å². The van der Waals surface area contributed by atoms with E-state index in [1.54, 1.807) is 30.3 Å². The van der Waals surface area contributed by atoms with E-state index in [-0.39, 0.29) is 24.6 Å². The van der Waals surface area contributed by atoms with Gasteiger partial charge in [-0.1, -0.05) is 41.6 Å². The Kier molecular flexibility index (Phi) is 7.09. The topological polar surface area (TPSA) is 105 Å². The summed E-state index contributed by atoms with van der Waals surface area (Å²) in [4.78, 5) is 41.8. The van der Waals surface area contributed by atoms with Crippen molar-refractivity contribution in [1.82, 2.24) is 4.90 Å². The lowest BCUT2D eigenvalue weighted by Crippen LogP contribution is -2.33. The molecular weight excluding hydrogens is 440 g/mol. The number of amidine groups is 1. The van der Waals surface area contributed by atoms with E-state index in [1.165, 1.54) is 34.9 Å². The van der Waals surface area contributed by atoms with E-state index in [4.69, 9.17) is 11.6 Å². The lowest BCUT2D eigenvalue weighted by molar-refractivity contribution is -0.384. The van der Waals surface area contributed by atoms with Crippen LogP contribution in [0.25, 0.3) is 0 Å². The van der Waals surface area contributed by atoms with Crippen LogP contribution >= 0.6 is 23.4 Å². The summed E-state index contributed by atoms with van der Waals surface area (Å²) < 4.78 is 0. The minimum Gasteiger partial charge on any atom is -0.326 e. The number of carbonyl (C=O) groups is 2. The highest BCUT2D eigenvalue weighted by Gasteiger charge is 2.38. The lowest BCUT2D eigenvalue weighted by Gasteiger charge is -2.14. The van der Waals surface area contributed by atoms with Crippen molar-refractivity contribution in [3.05, 3.63) is 75.8 Å². The molecule has 8 nitrogen and oxygen atoms in total. The van der Waals surface area contributed by atoms with Crippen molar-refractivity contribution < 1.29 is 14.5 Å². The summed E-state index contributed by atoms with van der Waals surface area (Å²) in [5.74, 6) is -0.678. The van der Waals surface area contributed by atoms with Crippen molar-refractivity contribution in [3.8, 4) is 0 Å². The average molecular weight is 459 g/mol. The second kappa shape index (κ2) is 9.76. The molecule has 1 saturated heterocycles. The van der Waals surface area contributed by atoms with Gasteiger partial charge in [-0.3, -0.25) is 24.6 Å². The van der Waals surface area contributed by atoms with Gasteiger partial charge in [0.05, 0.1) is 10.6 Å². The molecule has 0 aliphatic carbocycles. The molecule has 160 valence electrons. The van der Waals surface area contributed by atoms with Gasteiger partial charge in [0, 0.05) is 35.8 Å². The highest BCUT2D eigenvalue weighted by Crippen LogP contribution is 2.34. The number of anilines is 1. The minimum absolute atomic E-state index is 0.104. The highest BCUT2D eigenvalue weighted by molar-refractivity contribution is 8.15. The van der Waals surface area contributed by atoms with Gasteiger partial charge in [0.15, 0.2) is 5.17 Å². The maximum Gasteiger partial charge on any atom is 0.271 e. The molecule has 10 heteroatoms. The molecule has 1 aliphatic heterocycles. The molecule has 2 aromatic rings. The Morgan fingerprint density at radius 1 is 1.39 bits per heavy atom. The molecule has 0 saturated carbocycles. The second-order valence-electron chi connectivity index (χ2n) is 6.68. The number of hydrogen-bond donors (Lipinski definition) is 1. The summed E-state index contributed by atoms with van der Waals surface area (Å²) in [6.45, 7) is 5.78. The standard InChI is InChI=1S/C21H19ClN4O4S/c1-3-10-25-20(28)18(31-21(25)24-17-9-5-8-16(22)13(17)2)12-19(27)23-14-6-4-7-15(11-14)26(29)30/h3-9,11,18H,1,10,12H2,2H3,(H,23,27)/t18-/m1/s1. The van der Waals surface area contributed by atoms with Gasteiger partial charge in [0.25, 0.3) is 5.69 Å². The van der Waals surface area contributed by atoms with Crippen LogP contribution in [0.15, 0.2) is 60.1 Å². The predicted octanol–water partition coefficient (Wildman–Crippen LogP) is 4.70. The number of nitro benzene ring substituents is 1. The number of benzene rings is 2.